The summed E-state index contributed by atoms with van der Waals surface area (Å²) < 4.78 is 25.5. The Hall–Kier alpha value is -0.130. The van der Waals surface area contributed by atoms with E-state index in [-0.39, 0.29) is 23.6 Å². The Balaban J connectivity index is 1.79. The summed E-state index contributed by atoms with van der Waals surface area (Å²) in [7, 11) is -3.09. The molecule has 4 atom stereocenters. The van der Waals surface area contributed by atoms with Crippen LogP contribution in [-0.4, -0.2) is 42.3 Å². The molecule has 2 saturated heterocycles. The molecule has 5 heteroatoms. The summed E-state index contributed by atoms with van der Waals surface area (Å²) in [4.78, 5) is 0. The smallest absolute Gasteiger partial charge is 0.211 e. The molecule has 0 aromatic carbocycles. The van der Waals surface area contributed by atoms with E-state index in [1.807, 2.05) is 0 Å². The number of sulfonamides is 1. The van der Waals surface area contributed by atoms with Gasteiger partial charge in [-0.05, 0) is 49.4 Å². The Bertz CT molecular complexity index is 459. The van der Waals surface area contributed by atoms with Crippen molar-refractivity contribution in [3.05, 3.63) is 0 Å². The van der Waals surface area contributed by atoms with Crippen molar-refractivity contribution < 1.29 is 13.5 Å². The molecule has 4 nitrogen and oxygen atoms in total. The first kappa shape index (κ1) is 13.8. The van der Waals surface area contributed by atoms with Crippen molar-refractivity contribution in [3.8, 4) is 0 Å². The second-order valence-corrected chi connectivity index (χ2v) is 9.19. The maximum atomic E-state index is 11.9. The first-order chi connectivity index (χ1) is 8.74. The number of hydrogen-bond donors (Lipinski definition) is 1. The lowest BCUT2D eigenvalue weighted by Gasteiger charge is -2.59. The van der Waals surface area contributed by atoms with Gasteiger partial charge in [0, 0.05) is 12.1 Å². The molecule has 0 aromatic heterocycles. The van der Waals surface area contributed by atoms with Gasteiger partial charge in [0.1, 0.15) is 0 Å². The van der Waals surface area contributed by atoms with E-state index in [2.05, 4.69) is 13.8 Å². The van der Waals surface area contributed by atoms with Gasteiger partial charge in [-0.1, -0.05) is 13.8 Å². The van der Waals surface area contributed by atoms with E-state index in [9.17, 15) is 13.5 Å². The molecular formula is C14H25NO3S. The minimum atomic E-state index is -3.09. The summed E-state index contributed by atoms with van der Waals surface area (Å²) in [5.41, 5.74) is 0.0158. The third kappa shape index (κ3) is 1.96. The highest BCUT2D eigenvalue weighted by molar-refractivity contribution is 7.88. The van der Waals surface area contributed by atoms with Gasteiger partial charge in [-0.25, -0.2) is 8.42 Å². The molecule has 2 heterocycles. The molecule has 2 bridgehead atoms. The summed E-state index contributed by atoms with van der Waals surface area (Å²) in [6.07, 6.45) is 5.84. The lowest BCUT2D eigenvalue weighted by atomic mass is 9.52. The van der Waals surface area contributed by atoms with Crippen LogP contribution in [0.15, 0.2) is 0 Å². The van der Waals surface area contributed by atoms with Crippen LogP contribution in [-0.2, 0) is 10.0 Å². The highest BCUT2D eigenvalue weighted by Crippen LogP contribution is 2.60. The van der Waals surface area contributed by atoms with Gasteiger partial charge < -0.3 is 5.11 Å². The van der Waals surface area contributed by atoms with Crippen LogP contribution in [0.25, 0.3) is 0 Å². The monoisotopic (exact) mass is 287 g/mol. The Morgan fingerprint density at radius 2 is 1.68 bits per heavy atom. The summed E-state index contributed by atoms with van der Waals surface area (Å²) >= 11 is 0. The highest BCUT2D eigenvalue weighted by Gasteiger charge is 2.61. The molecule has 3 aliphatic rings. The molecule has 1 N–H and O–H groups in total. The minimum Gasteiger partial charge on any atom is -0.392 e. The van der Waals surface area contributed by atoms with Gasteiger partial charge in [0.15, 0.2) is 0 Å². The predicted octanol–water partition coefficient (Wildman–Crippen LogP) is 1.60. The van der Waals surface area contributed by atoms with Crippen LogP contribution < -0.4 is 0 Å². The van der Waals surface area contributed by atoms with Gasteiger partial charge in [0.2, 0.25) is 10.0 Å². The van der Waals surface area contributed by atoms with E-state index in [1.165, 1.54) is 6.26 Å². The molecule has 3 rings (SSSR count). The zero-order valence-corrected chi connectivity index (χ0v) is 12.9. The fraction of sp³-hybridized carbons (Fsp3) is 1.00. The number of nitrogens with zero attached hydrogens (tertiary/aromatic N) is 1. The standard InChI is InChI=1S/C14H25NO3S/c1-9(2)12-8-14(13(12)16)6-10-4-5-11(7-14)15(10)19(3,17)18/h9-13,16H,4-8H2,1-3H3. The second-order valence-electron chi connectivity index (χ2n) is 7.31. The number of fused-ring (bicyclic) bond motifs is 2. The molecule has 1 aliphatic carbocycles. The summed E-state index contributed by atoms with van der Waals surface area (Å²) in [6, 6.07) is 0.271. The average molecular weight is 287 g/mol. The maximum Gasteiger partial charge on any atom is 0.211 e. The first-order valence-electron chi connectivity index (χ1n) is 7.41. The zero-order chi connectivity index (χ0) is 14.0. The van der Waals surface area contributed by atoms with Gasteiger partial charge in [0.25, 0.3) is 0 Å². The largest absolute Gasteiger partial charge is 0.392 e. The van der Waals surface area contributed by atoms with Crippen LogP contribution in [0.2, 0.25) is 0 Å². The second kappa shape index (κ2) is 4.18. The van der Waals surface area contributed by atoms with Crippen molar-refractivity contribution in [3.63, 3.8) is 0 Å². The summed E-state index contributed by atoms with van der Waals surface area (Å²) in [5.74, 6) is 0.926. The number of aliphatic hydroxyl groups is 1. The molecule has 4 unspecified atom stereocenters. The number of aliphatic hydroxyl groups excluding tert-OH is 1. The number of piperidine rings is 1. The van der Waals surface area contributed by atoms with E-state index in [4.69, 9.17) is 0 Å². The summed E-state index contributed by atoms with van der Waals surface area (Å²) in [5, 5.41) is 10.5. The third-order valence-corrected chi connectivity index (χ3v) is 7.11. The van der Waals surface area contributed by atoms with E-state index in [0.717, 1.165) is 32.1 Å². The lowest BCUT2D eigenvalue weighted by molar-refractivity contribution is -0.166. The molecule has 0 aromatic rings. The van der Waals surface area contributed by atoms with Crippen molar-refractivity contribution in [2.75, 3.05) is 6.26 Å². The lowest BCUT2D eigenvalue weighted by Crippen LogP contribution is -2.62. The molecule has 1 spiro atoms. The maximum absolute atomic E-state index is 11.9. The Kier molecular flexibility index (Phi) is 3.05. The SMILES string of the molecule is CC(C)C1CC2(CC3CCC(C2)N3S(C)(=O)=O)C1O. The fourth-order valence-electron chi connectivity index (χ4n) is 4.89. The Morgan fingerprint density at radius 3 is 2.05 bits per heavy atom. The molecule has 19 heavy (non-hydrogen) atoms. The quantitative estimate of drug-likeness (QED) is 0.839. The Labute approximate surface area is 116 Å². The zero-order valence-electron chi connectivity index (χ0n) is 12.0. The third-order valence-electron chi connectivity index (χ3n) is 5.75. The highest BCUT2D eigenvalue weighted by atomic mass is 32.2. The molecule has 3 fully saturated rings. The van der Waals surface area contributed by atoms with Crippen LogP contribution in [0.4, 0.5) is 0 Å². The van der Waals surface area contributed by atoms with Gasteiger partial charge in [-0.3, -0.25) is 0 Å². The van der Waals surface area contributed by atoms with Gasteiger partial charge in [-0.2, -0.15) is 4.31 Å². The molecule has 1 saturated carbocycles. The van der Waals surface area contributed by atoms with Crippen molar-refractivity contribution in [1.29, 1.82) is 0 Å². The fourth-order valence-corrected chi connectivity index (χ4v) is 6.33. The predicted molar refractivity (Wildman–Crippen MR) is 74.1 cm³/mol. The topological polar surface area (TPSA) is 57.6 Å². The summed E-state index contributed by atoms with van der Waals surface area (Å²) in [6.45, 7) is 4.34. The Morgan fingerprint density at radius 1 is 1.16 bits per heavy atom. The molecule has 2 aliphatic heterocycles. The molecule has 0 amide bonds. The number of hydrogen-bond acceptors (Lipinski definition) is 3. The van der Waals surface area contributed by atoms with Gasteiger partial charge in [0.05, 0.1) is 12.4 Å². The molecule has 110 valence electrons. The van der Waals surface area contributed by atoms with Crippen molar-refractivity contribution in [2.24, 2.45) is 17.3 Å². The van der Waals surface area contributed by atoms with Crippen LogP contribution in [0.1, 0.15) is 46.0 Å². The van der Waals surface area contributed by atoms with E-state index in [1.54, 1.807) is 4.31 Å². The average Bonchev–Trinajstić information content (AvgIpc) is 2.58. The van der Waals surface area contributed by atoms with Gasteiger partial charge in [-0.15, -0.1) is 0 Å². The van der Waals surface area contributed by atoms with Gasteiger partial charge >= 0.3 is 0 Å². The van der Waals surface area contributed by atoms with Crippen molar-refractivity contribution in [2.45, 2.75) is 64.1 Å². The van der Waals surface area contributed by atoms with Crippen LogP contribution >= 0.6 is 0 Å². The minimum absolute atomic E-state index is 0.0158. The van der Waals surface area contributed by atoms with E-state index >= 15 is 0 Å². The van der Waals surface area contributed by atoms with E-state index in [0.29, 0.717) is 11.8 Å². The van der Waals surface area contributed by atoms with Crippen LogP contribution in [0.5, 0.6) is 0 Å². The number of rotatable bonds is 2. The van der Waals surface area contributed by atoms with Crippen molar-refractivity contribution >= 4 is 10.0 Å². The van der Waals surface area contributed by atoms with E-state index < -0.39 is 10.0 Å². The first-order valence-corrected chi connectivity index (χ1v) is 9.26. The van der Waals surface area contributed by atoms with Crippen molar-refractivity contribution in [1.82, 2.24) is 4.31 Å². The van der Waals surface area contributed by atoms with Crippen LogP contribution in [0.3, 0.4) is 0 Å². The normalized spacial score (nSPS) is 46.8. The molecule has 0 radical (unpaired) electrons. The molecular weight excluding hydrogens is 262 g/mol. The van der Waals surface area contributed by atoms with Crippen LogP contribution in [0, 0.1) is 17.3 Å².